The molecule has 8 nitrogen and oxygen atoms in total. The van der Waals surface area contributed by atoms with Crippen molar-refractivity contribution in [1.82, 2.24) is 14.8 Å². The number of carbonyl (C=O) groups excluding carboxylic acids is 2. The van der Waals surface area contributed by atoms with Crippen LogP contribution in [0.3, 0.4) is 0 Å². The summed E-state index contributed by atoms with van der Waals surface area (Å²) in [4.78, 5) is 25.2. The number of nitrogens with zero attached hydrogens (tertiary/aromatic N) is 5. The summed E-state index contributed by atoms with van der Waals surface area (Å²) in [5.74, 6) is -0.593. The normalized spacial score (nSPS) is 12.6. The maximum atomic E-state index is 13.9. The number of azo groups is 1. The van der Waals surface area contributed by atoms with Gasteiger partial charge in [0, 0.05) is 16.9 Å². The third-order valence-electron chi connectivity index (χ3n) is 5.80. The Morgan fingerprint density at radius 2 is 1.33 bits per heavy atom. The Hall–Kier alpha value is -4.89. The minimum Gasteiger partial charge on any atom is -0.323 e. The molecule has 0 aliphatic heterocycles. The van der Waals surface area contributed by atoms with Crippen molar-refractivity contribution >= 4 is 34.8 Å². The van der Waals surface area contributed by atoms with Gasteiger partial charge in [0.1, 0.15) is 0 Å². The van der Waals surface area contributed by atoms with E-state index in [0.29, 0.717) is 22.4 Å². The molecule has 0 saturated carbocycles. The summed E-state index contributed by atoms with van der Waals surface area (Å²) >= 11 is 0.895. The standard InChI is InChI=1S/C30H24N6O2S/c1-22(37)30(35-32-25-18-10-4-11-19-25,28(38)31-24-16-8-3-9-17-24)39-29-34-33-27(23-14-6-2-7-15-23)36(29)26-20-12-5-13-21-26/h2-21H,1H3,(H,31,38)/t30-/m1/s1. The molecule has 0 radical (unpaired) electrons. The maximum absolute atomic E-state index is 13.9. The number of thioether (sulfide) groups is 1. The zero-order valence-electron chi connectivity index (χ0n) is 21.0. The number of carbonyl (C=O) groups is 2. The topological polar surface area (TPSA) is 102 Å². The molecule has 0 aliphatic carbocycles. The maximum Gasteiger partial charge on any atom is 0.273 e. The van der Waals surface area contributed by atoms with Gasteiger partial charge in [0.25, 0.3) is 10.8 Å². The number of benzene rings is 4. The van der Waals surface area contributed by atoms with Gasteiger partial charge in [0.15, 0.2) is 16.8 Å². The predicted octanol–water partition coefficient (Wildman–Crippen LogP) is 6.73. The monoisotopic (exact) mass is 532 g/mol. The van der Waals surface area contributed by atoms with E-state index in [0.717, 1.165) is 23.0 Å². The van der Waals surface area contributed by atoms with Gasteiger partial charge in [-0.2, -0.15) is 10.2 Å². The Bertz CT molecular complexity index is 1590. The number of aromatic nitrogens is 3. The Kier molecular flexibility index (Phi) is 7.70. The van der Waals surface area contributed by atoms with Crippen LogP contribution in [-0.2, 0) is 9.59 Å². The summed E-state index contributed by atoms with van der Waals surface area (Å²) in [7, 11) is 0. The minimum absolute atomic E-state index is 0.311. The van der Waals surface area contributed by atoms with Crippen LogP contribution >= 0.6 is 11.8 Å². The number of nitrogens with one attached hydrogen (secondary N) is 1. The highest BCUT2D eigenvalue weighted by atomic mass is 32.2. The van der Waals surface area contributed by atoms with Crippen molar-refractivity contribution in [3.05, 3.63) is 121 Å². The first kappa shape index (κ1) is 25.7. The van der Waals surface area contributed by atoms with Gasteiger partial charge in [-0.25, -0.2) is 0 Å². The largest absolute Gasteiger partial charge is 0.323 e. The lowest BCUT2D eigenvalue weighted by Gasteiger charge is -2.24. The fourth-order valence-corrected chi connectivity index (χ4v) is 4.82. The molecule has 9 heteroatoms. The molecule has 1 heterocycles. The fraction of sp³-hybridized carbons (Fsp3) is 0.0667. The predicted molar refractivity (Wildman–Crippen MR) is 152 cm³/mol. The van der Waals surface area contributed by atoms with Gasteiger partial charge in [-0.3, -0.25) is 14.2 Å². The third-order valence-corrected chi connectivity index (χ3v) is 7.09. The quantitative estimate of drug-likeness (QED) is 0.129. The van der Waals surface area contributed by atoms with E-state index in [1.807, 2.05) is 77.4 Å². The second kappa shape index (κ2) is 11.7. The highest BCUT2D eigenvalue weighted by Gasteiger charge is 2.47. The minimum atomic E-state index is -1.99. The van der Waals surface area contributed by atoms with Gasteiger partial charge in [-0.15, -0.1) is 10.2 Å². The lowest BCUT2D eigenvalue weighted by atomic mass is 10.2. The highest BCUT2D eigenvalue weighted by molar-refractivity contribution is 8.02. The van der Waals surface area contributed by atoms with Gasteiger partial charge >= 0.3 is 0 Å². The number of Topliss-reactive ketones (excluding diaryl/α,β-unsaturated/α-hetero) is 1. The Morgan fingerprint density at radius 1 is 0.769 bits per heavy atom. The van der Waals surface area contributed by atoms with Crippen molar-refractivity contribution in [3.63, 3.8) is 0 Å². The number of para-hydroxylation sites is 2. The van der Waals surface area contributed by atoms with Crippen LogP contribution in [-0.4, -0.2) is 31.3 Å². The number of ketones is 1. The van der Waals surface area contributed by atoms with Crippen molar-refractivity contribution in [2.24, 2.45) is 10.2 Å². The van der Waals surface area contributed by atoms with Crippen LogP contribution in [0, 0.1) is 0 Å². The molecule has 1 amide bonds. The number of hydrogen-bond acceptors (Lipinski definition) is 7. The number of hydrogen-bond donors (Lipinski definition) is 1. The SMILES string of the molecule is CC(=O)[C@@](N=Nc1ccccc1)(Sc1nnc(-c2ccccc2)n1-c1ccccc1)C(=O)Nc1ccccc1. The smallest absolute Gasteiger partial charge is 0.273 e. The number of amides is 1. The van der Waals surface area contributed by atoms with Crippen molar-refractivity contribution in [1.29, 1.82) is 0 Å². The van der Waals surface area contributed by atoms with Crippen LogP contribution in [0.15, 0.2) is 137 Å². The summed E-state index contributed by atoms with van der Waals surface area (Å²) in [6.07, 6.45) is 0. The molecular weight excluding hydrogens is 508 g/mol. The van der Waals surface area contributed by atoms with E-state index < -0.39 is 16.6 Å². The van der Waals surface area contributed by atoms with Crippen LogP contribution in [0.5, 0.6) is 0 Å². The molecule has 1 atom stereocenters. The average molecular weight is 533 g/mol. The molecule has 0 bridgehead atoms. The average Bonchev–Trinajstić information content (AvgIpc) is 3.40. The molecule has 0 unspecified atom stereocenters. The third kappa shape index (κ3) is 5.68. The number of rotatable bonds is 9. The summed E-state index contributed by atoms with van der Waals surface area (Å²) in [5, 5.41) is 20.7. The molecule has 192 valence electrons. The summed E-state index contributed by atoms with van der Waals surface area (Å²) in [6, 6.07) is 36.9. The van der Waals surface area contributed by atoms with Crippen LogP contribution in [0.25, 0.3) is 17.1 Å². The molecule has 39 heavy (non-hydrogen) atoms. The van der Waals surface area contributed by atoms with Gasteiger partial charge < -0.3 is 5.32 Å². The summed E-state index contributed by atoms with van der Waals surface area (Å²) in [6.45, 7) is 1.32. The molecule has 5 rings (SSSR count). The first-order chi connectivity index (χ1) is 19.1. The van der Waals surface area contributed by atoms with E-state index in [-0.39, 0.29) is 0 Å². The highest BCUT2D eigenvalue weighted by Crippen LogP contribution is 2.39. The molecule has 0 spiro atoms. The van der Waals surface area contributed by atoms with Crippen LogP contribution in [0.2, 0.25) is 0 Å². The first-order valence-electron chi connectivity index (χ1n) is 12.2. The van der Waals surface area contributed by atoms with Gasteiger partial charge in [0.05, 0.1) is 5.69 Å². The van der Waals surface area contributed by atoms with Crippen molar-refractivity contribution in [2.75, 3.05) is 5.32 Å². The van der Waals surface area contributed by atoms with Gasteiger partial charge in [-0.05, 0) is 55.1 Å². The van der Waals surface area contributed by atoms with E-state index >= 15 is 0 Å². The van der Waals surface area contributed by atoms with Gasteiger partial charge in [0.2, 0.25) is 0 Å². The van der Waals surface area contributed by atoms with Crippen LogP contribution < -0.4 is 5.32 Å². The van der Waals surface area contributed by atoms with Gasteiger partial charge in [-0.1, -0.05) is 84.9 Å². The molecule has 4 aromatic carbocycles. The molecule has 1 N–H and O–H groups in total. The molecule has 0 aliphatic rings. The zero-order valence-corrected chi connectivity index (χ0v) is 21.8. The molecular formula is C30H24N6O2S. The molecule has 0 saturated heterocycles. The van der Waals surface area contributed by atoms with Crippen LogP contribution in [0.1, 0.15) is 6.92 Å². The summed E-state index contributed by atoms with van der Waals surface area (Å²) < 4.78 is 1.81. The van der Waals surface area contributed by atoms with Crippen molar-refractivity contribution < 1.29 is 9.59 Å². The summed E-state index contributed by atoms with van der Waals surface area (Å²) in [5.41, 5.74) is 2.63. The molecule has 5 aromatic rings. The lowest BCUT2D eigenvalue weighted by Crippen LogP contribution is -2.44. The van der Waals surface area contributed by atoms with E-state index in [1.54, 1.807) is 48.5 Å². The Morgan fingerprint density at radius 3 is 1.95 bits per heavy atom. The Balaban J connectivity index is 1.65. The van der Waals surface area contributed by atoms with E-state index in [9.17, 15) is 9.59 Å². The number of anilines is 1. The Labute approximate surface area is 229 Å². The molecule has 1 aromatic heterocycles. The van der Waals surface area contributed by atoms with E-state index in [2.05, 4.69) is 25.7 Å². The van der Waals surface area contributed by atoms with E-state index in [1.165, 1.54) is 6.92 Å². The zero-order chi connectivity index (χ0) is 27.1. The van der Waals surface area contributed by atoms with E-state index in [4.69, 9.17) is 0 Å². The van der Waals surface area contributed by atoms with Crippen molar-refractivity contribution in [3.8, 4) is 17.1 Å². The van der Waals surface area contributed by atoms with Crippen molar-refractivity contribution in [2.45, 2.75) is 17.0 Å². The van der Waals surface area contributed by atoms with Crippen LogP contribution in [0.4, 0.5) is 11.4 Å². The fourth-order valence-electron chi connectivity index (χ4n) is 3.83. The lowest BCUT2D eigenvalue weighted by molar-refractivity contribution is -0.127. The second-order valence-corrected chi connectivity index (χ2v) is 9.66. The first-order valence-corrected chi connectivity index (χ1v) is 13.0. The molecule has 0 fully saturated rings. The second-order valence-electron chi connectivity index (χ2n) is 8.50.